The molecule has 2 N–H and O–H groups in total. The van der Waals surface area contributed by atoms with Crippen molar-refractivity contribution in [2.45, 2.75) is 58.5 Å². The Morgan fingerprint density at radius 1 is 1.33 bits per heavy atom. The number of hydrogen-bond donors (Lipinski definition) is 2. The van der Waals surface area contributed by atoms with Crippen LogP contribution in [0.4, 0.5) is 4.79 Å². The Bertz CT molecular complexity index is 367. The summed E-state index contributed by atoms with van der Waals surface area (Å²) in [6.45, 7) is 11.5. The van der Waals surface area contributed by atoms with Crippen molar-refractivity contribution in [3.8, 4) is 0 Å². The molecule has 1 saturated heterocycles. The predicted octanol–water partition coefficient (Wildman–Crippen LogP) is 1.76. The molecule has 1 aliphatic rings. The molecule has 0 radical (unpaired) electrons. The van der Waals surface area contributed by atoms with Crippen molar-refractivity contribution in [3.63, 3.8) is 0 Å². The molecule has 122 valence electrons. The standard InChI is InChI=1S/C15H29N3O3/c1-5-17(6-2)12-8-10-18(11-12)14(21)16-15(3,4)9-7-13(19)20/h12H,5-11H2,1-4H3,(H,16,21)(H,19,20). The third kappa shape index (κ3) is 5.53. The van der Waals surface area contributed by atoms with E-state index in [1.165, 1.54) is 0 Å². The minimum atomic E-state index is -0.833. The summed E-state index contributed by atoms with van der Waals surface area (Å²) in [5.74, 6) is -0.833. The van der Waals surface area contributed by atoms with Crippen LogP contribution in [0, 0.1) is 0 Å². The monoisotopic (exact) mass is 299 g/mol. The number of likely N-dealkylation sites (tertiary alicyclic amines) is 1. The first-order chi connectivity index (χ1) is 9.79. The molecule has 1 aliphatic heterocycles. The van der Waals surface area contributed by atoms with E-state index in [-0.39, 0.29) is 12.5 Å². The third-order valence-electron chi connectivity index (χ3n) is 4.19. The van der Waals surface area contributed by atoms with Gasteiger partial charge in [0.05, 0.1) is 0 Å². The molecule has 1 heterocycles. The maximum absolute atomic E-state index is 12.3. The highest BCUT2D eigenvalue weighted by atomic mass is 16.4. The van der Waals surface area contributed by atoms with Crippen LogP contribution < -0.4 is 5.32 Å². The quantitative estimate of drug-likeness (QED) is 0.751. The molecule has 0 aromatic rings. The van der Waals surface area contributed by atoms with Crippen LogP contribution in [0.5, 0.6) is 0 Å². The summed E-state index contributed by atoms with van der Waals surface area (Å²) < 4.78 is 0. The second kappa shape index (κ2) is 7.64. The lowest BCUT2D eigenvalue weighted by Gasteiger charge is -2.30. The average Bonchev–Trinajstić information content (AvgIpc) is 2.87. The topological polar surface area (TPSA) is 72.9 Å². The second-order valence-electron chi connectivity index (χ2n) is 6.32. The summed E-state index contributed by atoms with van der Waals surface area (Å²) in [5, 5.41) is 11.7. The summed E-state index contributed by atoms with van der Waals surface area (Å²) in [4.78, 5) is 27.2. The number of amides is 2. The Balaban J connectivity index is 2.48. The molecule has 0 saturated carbocycles. The number of carbonyl (C=O) groups is 2. The summed E-state index contributed by atoms with van der Waals surface area (Å²) in [6.07, 6.45) is 1.50. The predicted molar refractivity (Wildman–Crippen MR) is 82.4 cm³/mol. The number of rotatable bonds is 7. The van der Waals surface area contributed by atoms with Crippen LogP contribution in [-0.2, 0) is 4.79 Å². The van der Waals surface area contributed by atoms with Gasteiger partial charge in [0.1, 0.15) is 0 Å². The highest BCUT2D eigenvalue weighted by molar-refractivity contribution is 5.75. The molecule has 1 fully saturated rings. The number of nitrogens with one attached hydrogen (secondary N) is 1. The Labute approximate surface area is 127 Å². The molecular weight excluding hydrogens is 270 g/mol. The lowest BCUT2D eigenvalue weighted by atomic mass is 9.99. The van der Waals surface area contributed by atoms with E-state index in [1.807, 2.05) is 18.7 Å². The van der Waals surface area contributed by atoms with Gasteiger partial charge >= 0.3 is 12.0 Å². The number of carboxylic acids is 1. The summed E-state index contributed by atoms with van der Waals surface area (Å²) in [7, 11) is 0. The minimum Gasteiger partial charge on any atom is -0.481 e. The number of carbonyl (C=O) groups excluding carboxylic acids is 1. The van der Waals surface area contributed by atoms with Crippen LogP contribution in [0.25, 0.3) is 0 Å². The third-order valence-corrected chi connectivity index (χ3v) is 4.19. The van der Waals surface area contributed by atoms with Gasteiger partial charge in [0.15, 0.2) is 0 Å². The molecule has 0 aromatic heterocycles. The van der Waals surface area contributed by atoms with Crippen molar-refractivity contribution in [2.75, 3.05) is 26.2 Å². The van der Waals surface area contributed by atoms with Crippen molar-refractivity contribution in [1.29, 1.82) is 0 Å². The van der Waals surface area contributed by atoms with Crippen LogP contribution >= 0.6 is 0 Å². The van der Waals surface area contributed by atoms with Gasteiger partial charge in [-0.2, -0.15) is 0 Å². The second-order valence-corrected chi connectivity index (χ2v) is 6.32. The Kier molecular flexibility index (Phi) is 6.45. The summed E-state index contributed by atoms with van der Waals surface area (Å²) >= 11 is 0. The van der Waals surface area contributed by atoms with E-state index in [0.717, 1.165) is 32.6 Å². The maximum atomic E-state index is 12.3. The van der Waals surface area contributed by atoms with Crippen LogP contribution in [0.1, 0.15) is 47.0 Å². The summed E-state index contributed by atoms with van der Waals surface area (Å²) in [6, 6.07) is 0.355. The van der Waals surface area contributed by atoms with Crippen LogP contribution in [-0.4, -0.2) is 64.7 Å². The Morgan fingerprint density at radius 3 is 2.48 bits per heavy atom. The highest BCUT2D eigenvalue weighted by Gasteiger charge is 2.31. The van der Waals surface area contributed by atoms with Gasteiger partial charge in [-0.05, 0) is 39.8 Å². The zero-order valence-electron chi connectivity index (χ0n) is 13.7. The summed E-state index contributed by atoms with van der Waals surface area (Å²) in [5.41, 5.74) is -0.497. The van der Waals surface area contributed by atoms with Gasteiger partial charge in [0.25, 0.3) is 0 Å². The van der Waals surface area contributed by atoms with E-state index in [0.29, 0.717) is 12.5 Å². The number of aliphatic carboxylic acids is 1. The molecule has 0 spiro atoms. The van der Waals surface area contributed by atoms with Gasteiger partial charge < -0.3 is 15.3 Å². The first-order valence-electron chi connectivity index (χ1n) is 7.82. The molecule has 6 nitrogen and oxygen atoms in total. The molecule has 0 bridgehead atoms. The first-order valence-corrected chi connectivity index (χ1v) is 7.82. The van der Waals surface area contributed by atoms with Crippen molar-refractivity contribution in [2.24, 2.45) is 0 Å². The van der Waals surface area contributed by atoms with E-state index in [1.54, 1.807) is 0 Å². The maximum Gasteiger partial charge on any atom is 0.317 e. The van der Waals surface area contributed by atoms with Gasteiger partial charge in [0.2, 0.25) is 0 Å². The Hall–Kier alpha value is -1.30. The first kappa shape index (κ1) is 17.8. The molecule has 21 heavy (non-hydrogen) atoms. The fourth-order valence-corrected chi connectivity index (χ4v) is 2.81. The zero-order chi connectivity index (χ0) is 16.0. The largest absolute Gasteiger partial charge is 0.481 e. The van der Waals surface area contributed by atoms with Gasteiger partial charge in [-0.15, -0.1) is 0 Å². The molecule has 2 amide bonds. The molecular formula is C15H29N3O3. The zero-order valence-corrected chi connectivity index (χ0v) is 13.7. The van der Waals surface area contributed by atoms with E-state index in [2.05, 4.69) is 24.1 Å². The molecule has 1 unspecified atom stereocenters. The molecule has 0 aromatic carbocycles. The van der Waals surface area contributed by atoms with Gasteiger partial charge in [0, 0.05) is 31.1 Å². The SMILES string of the molecule is CCN(CC)C1CCN(C(=O)NC(C)(C)CCC(=O)O)C1. The van der Waals surface area contributed by atoms with Gasteiger partial charge in [-0.3, -0.25) is 9.69 Å². The molecule has 0 aliphatic carbocycles. The van der Waals surface area contributed by atoms with Crippen molar-refractivity contribution in [3.05, 3.63) is 0 Å². The van der Waals surface area contributed by atoms with E-state index >= 15 is 0 Å². The van der Waals surface area contributed by atoms with Crippen molar-refractivity contribution in [1.82, 2.24) is 15.1 Å². The fraction of sp³-hybridized carbons (Fsp3) is 0.867. The van der Waals surface area contributed by atoms with E-state index < -0.39 is 11.5 Å². The number of nitrogens with zero attached hydrogens (tertiary/aromatic N) is 2. The van der Waals surface area contributed by atoms with Crippen LogP contribution in [0.15, 0.2) is 0 Å². The van der Waals surface area contributed by atoms with Gasteiger partial charge in [-0.25, -0.2) is 4.79 Å². The van der Waals surface area contributed by atoms with Crippen LogP contribution in [0.2, 0.25) is 0 Å². The molecule has 1 atom stereocenters. The van der Waals surface area contributed by atoms with Crippen molar-refractivity contribution < 1.29 is 14.7 Å². The minimum absolute atomic E-state index is 0.0648. The van der Waals surface area contributed by atoms with Crippen LogP contribution in [0.3, 0.4) is 0 Å². The highest BCUT2D eigenvalue weighted by Crippen LogP contribution is 2.17. The Morgan fingerprint density at radius 2 is 1.95 bits per heavy atom. The smallest absolute Gasteiger partial charge is 0.317 e. The lowest BCUT2D eigenvalue weighted by molar-refractivity contribution is -0.137. The molecule has 6 heteroatoms. The fourth-order valence-electron chi connectivity index (χ4n) is 2.81. The number of hydrogen-bond acceptors (Lipinski definition) is 3. The van der Waals surface area contributed by atoms with Gasteiger partial charge in [-0.1, -0.05) is 13.8 Å². The molecule has 1 rings (SSSR count). The number of carboxylic acid groups (broad SMARTS) is 1. The van der Waals surface area contributed by atoms with E-state index in [4.69, 9.17) is 5.11 Å². The normalized spacial score (nSPS) is 19.1. The number of urea groups is 1. The lowest BCUT2D eigenvalue weighted by Crippen LogP contribution is -2.50. The van der Waals surface area contributed by atoms with Crippen molar-refractivity contribution >= 4 is 12.0 Å². The average molecular weight is 299 g/mol. The number of likely N-dealkylation sites (N-methyl/N-ethyl adjacent to an activating group) is 1. The van der Waals surface area contributed by atoms with E-state index in [9.17, 15) is 9.59 Å².